The number of pyridine rings is 1. The molecule has 3 heterocycles. The maximum atomic E-state index is 12.0. The van der Waals surface area contributed by atoms with E-state index in [1.807, 2.05) is 12.1 Å². The van der Waals surface area contributed by atoms with Crippen LogP contribution in [-0.2, 0) is 16.1 Å². The highest BCUT2D eigenvalue weighted by Crippen LogP contribution is 2.22. The lowest BCUT2D eigenvalue weighted by molar-refractivity contribution is -0.136. The summed E-state index contributed by atoms with van der Waals surface area (Å²) >= 11 is 5.83. The van der Waals surface area contributed by atoms with Crippen LogP contribution >= 0.6 is 11.6 Å². The van der Waals surface area contributed by atoms with Crippen molar-refractivity contribution in [3.8, 4) is 0 Å². The Kier molecular flexibility index (Phi) is 3.10. The quantitative estimate of drug-likeness (QED) is 0.654. The maximum absolute atomic E-state index is 12.0. The normalized spacial score (nSPS) is 18.9. The first-order valence-electron chi connectivity index (χ1n) is 6.27. The minimum absolute atomic E-state index is 0.206. The fourth-order valence-electron chi connectivity index (χ4n) is 2.49. The van der Waals surface area contributed by atoms with E-state index >= 15 is 0 Å². The van der Waals surface area contributed by atoms with Gasteiger partial charge in [-0.15, -0.1) is 0 Å². The predicted octanol–water partition coefficient (Wildman–Crippen LogP) is 1.05. The molecular weight excluding hydrogens is 280 g/mol. The topological polar surface area (TPSA) is 92.1 Å². The SMILES string of the molecule is NC(=O)[C@@H]1CCN(Cc2cc3nc(Cl)ccc3[nH]2)C1=O. The zero-order chi connectivity index (χ0) is 14.3. The highest BCUT2D eigenvalue weighted by atomic mass is 35.5. The molecule has 1 aliphatic rings. The van der Waals surface area contributed by atoms with Crippen molar-refractivity contribution in [1.82, 2.24) is 14.9 Å². The summed E-state index contributed by atoms with van der Waals surface area (Å²) in [6.07, 6.45) is 0.485. The Morgan fingerprint density at radius 3 is 3.05 bits per heavy atom. The second-order valence-electron chi connectivity index (χ2n) is 4.86. The van der Waals surface area contributed by atoms with Crippen molar-refractivity contribution in [3.63, 3.8) is 0 Å². The lowest BCUT2D eigenvalue weighted by Gasteiger charge is -2.14. The molecular formula is C13H13ClN4O2. The van der Waals surface area contributed by atoms with Crippen LogP contribution in [-0.4, -0.2) is 33.2 Å². The molecule has 0 saturated carbocycles. The van der Waals surface area contributed by atoms with E-state index in [-0.39, 0.29) is 5.91 Å². The summed E-state index contributed by atoms with van der Waals surface area (Å²) in [6.45, 7) is 0.951. The first-order chi connectivity index (χ1) is 9.54. The monoisotopic (exact) mass is 292 g/mol. The molecule has 1 atom stereocenters. The molecule has 0 bridgehead atoms. The van der Waals surface area contributed by atoms with Gasteiger partial charge in [0.05, 0.1) is 17.6 Å². The molecule has 7 heteroatoms. The number of aromatic amines is 1. The molecule has 0 spiro atoms. The van der Waals surface area contributed by atoms with E-state index in [1.165, 1.54) is 0 Å². The van der Waals surface area contributed by atoms with Gasteiger partial charge in [-0.3, -0.25) is 9.59 Å². The largest absolute Gasteiger partial charge is 0.369 e. The van der Waals surface area contributed by atoms with Gasteiger partial charge < -0.3 is 15.6 Å². The number of aromatic nitrogens is 2. The van der Waals surface area contributed by atoms with Crippen LogP contribution in [0.3, 0.4) is 0 Å². The van der Waals surface area contributed by atoms with E-state index in [0.717, 1.165) is 16.7 Å². The number of H-pyrrole nitrogens is 1. The van der Waals surface area contributed by atoms with Crippen LogP contribution in [0.5, 0.6) is 0 Å². The third-order valence-corrected chi connectivity index (χ3v) is 3.71. The van der Waals surface area contributed by atoms with Crippen molar-refractivity contribution < 1.29 is 9.59 Å². The van der Waals surface area contributed by atoms with Crippen LogP contribution in [0.4, 0.5) is 0 Å². The third kappa shape index (κ3) is 2.22. The van der Waals surface area contributed by atoms with Crippen molar-refractivity contribution >= 4 is 34.4 Å². The van der Waals surface area contributed by atoms with E-state index in [2.05, 4.69) is 9.97 Å². The number of likely N-dealkylation sites (tertiary alicyclic amines) is 1. The standard InChI is InChI=1S/C13H13ClN4O2/c14-11-2-1-9-10(17-11)5-7(16-9)6-18-4-3-8(12(15)19)13(18)20/h1-2,5,8,16H,3-4,6H2,(H2,15,19)/t8-/m0/s1. The Balaban J connectivity index is 1.80. The van der Waals surface area contributed by atoms with Crippen LogP contribution in [0.25, 0.3) is 11.0 Å². The molecule has 0 radical (unpaired) electrons. The molecule has 0 aromatic carbocycles. The summed E-state index contributed by atoms with van der Waals surface area (Å²) in [7, 11) is 0. The molecule has 1 saturated heterocycles. The number of nitrogens with zero attached hydrogens (tertiary/aromatic N) is 2. The number of hydrogen-bond acceptors (Lipinski definition) is 3. The van der Waals surface area contributed by atoms with Crippen molar-refractivity contribution in [1.29, 1.82) is 0 Å². The summed E-state index contributed by atoms with van der Waals surface area (Å²) < 4.78 is 0. The van der Waals surface area contributed by atoms with Crippen molar-refractivity contribution in [2.45, 2.75) is 13.0 Å². The smallest absolute Gasteiger partial charge is 0.235 e. The molecule has 2 amide bonds. The number of hydrogen-bond donors (Lipinski definition) is 2. The average Bonchev–Trinajstić information content (AvgIpc) is 2.93. The molecule has 2 aromatic rings. The number of carbonyl (C=O) groups excluding carboxylic acids is 2. The van der Waals surface area contributed by atoms with Crippen LogP contribution in [0.2, 0.25) is 5.15 Å². The minimum atomic E-state index is -0.688. The molecule has 20 heavy (non-hydrogen) atoms. The summed E-state index contributed by atoms with van der Waals surface area (Å²) in [5.41, 5.74) is 7.68. The Labute approximate surface area is 119 Å². The Bertz CT molecular complexity index is 697. The number of halogens is 1. The zero-order valence-corrected chi connectivity index (χ0v) is 11.4. The van der Waals surface area contributed by atoms with Crippen molar-refractivity contribution in [2.24, 2.45) is 11.7 Å². The van der Waals surface area contributed by atoms with Crippen LogP contribution < -0.4 is 5.73 Å². The number of amides is 2. The van der Waals surface area contributed by atoms with Crippen LogP contribution in [0.15, 0.2) is 18.2 Å². The zero-order valence-electron chi connectivity index (χ0n) is 10.6. The van der Waals surface area contributed by atoms with Gasteiger partial charge in [0.15, 0.2) is 0 Å². The van der Waals surface area contributed by atoms with Gasteiger partial charge in [0.2, 0.25) is 11.8 Å². The van der Waals surface area contributed by atoms with Crippen molar-refractivity contribution in [3.05, 3.63) is 29.0 Å². The molecule has 104 valence electrons. The first-order valence-corrected chi connectivity index (χ1v) is 6.64. The van der Waals surface area contributed by atoms with E-state index in [4.69, 9.17) is 17.3 Å². The van der Waals surface area contributed by atoms with E-state index < -0.39 is 11.8 Å². The third-order valence-electron chi connectivity index (χ3n) is 3.50. The summed E-state index contributed by atoms with van der Waals surface area (Å²) in [6, 6.07) is 5.40. The van der Waals surface area contributed by atoms with Gasteiger partial charge >= 0.3 is 0 Å². The summed E-state index contributed by atoms with van der Waals surface area (Å²) in [5.74, 6) is -1.45. The lowest BCUT2D eigenvalue weighted by Crippen LogP contribution is -2.33. The van der Waals surface area contributed by atoms with Crippen LogP contribution in [0, 0.1) is 5.92 Å². The predicted molar refractivity (Wildman–Crippen MR) is 73.8 cm³/mol. The number of carbonyl (C=O) groups is 2. The Morgan fingerprint density at radius 2 is 2.35 bits per heavy atom. The van der Waals surface area contributed by atoms with Gasteiger partial charge in [-0.25, -0.2) is 4.98 Å². The molecule has 6 nitrogen and oxygen atoms in total. The van der Waals surface area contributed by atoms with Gasteiger partial charge in [0.1, 0.15) is 11.1 Å². The van der Waals surface area contributed by atoms with Gasteiger partial charge in [-0.2, -0.15) is 0 Å². The van der Waals surface area contributed by atoms with Gasteiger partial charge in [0.25, 0.3) is 0 Å². The summed E-state index contributed by atoms with van der Waals surface area (Å²) in [5, 5.41) is 0.425. The number of rotatable bonds is 3. The Morgan fingerprint density at radius 1 is 1.55 bits per heavy atom. The molecule has 1 aliphatic heterocycles. The molecule has 3 rings (SSSR count). The average molecular weight is 293 g/mol. The number of fused-ring (bicyclic) bond motifs is 1. The second kappa shape index (κ2) is 4.79. The lowest BCUT2D eigenvalue weighted by atomic mass is 10.1. The maximum Gasteiger partial charge on any atom is 0.235 e. The van der Waals surface area contributed by atoms with Crippen LogP contribution in [0.1, 0.15) is 12.1 Å². The number of nitrogens with one attached hydrogen (secondary N) is 1. The van der Waals surface area contributed by atoms with E-state index in [9.17, 15) is 9.59 Å². The molecule has 3 N–H and O–H groups in total. The fourth-order valence-corrected chi connectivity index (χ4v) is 2.64. The highest BCUT2D eigenvalue weighted by Gasteiger charge is 2.35. The highest BCUT2D eigenvalue weighted by molar-refractivity contribution is 6.29. The molecule has 1 fully saturated rings. The first kappa shape index (κ1) is 12.9. The van der Waals surface area contributed by atoms with Gasteiger partial charge in [-0.1, -0.05) is 11.6 Å². The van der Waals surface area contributed by atoms with Gasteiger partial charge in [0, 0.05) is 12.2 Å². The number of nitrogens with two attached hydrogens (primary N) is 1. The second-order valence-corrected chi connectivity index (χ2v) is 5.25. The summed E-state index contributed by atoms with van der Waals surface area (Å²) in [4.78, 5) is 32.1. The minimum Gasteiger partial charge on any atom is -0.369 e. The molecule has 0 unspecified atom stereocenters. The van der Waals surface area contributed by atoms with Gasteiger partial charge in [-0.05, 0) is 24.6 Å². The number of primary amides is 1. The van der Waals surface area contributed by atoms with Crippen molar-refractivity contribution in [2.75, 3.05) is 6.54 Å². The van der Waals surface area contributed by atoms with E-state index in [1.54, 1.807) is 11.0 Å². The molecule has 2 aromatic heterocycles. The fraction of sp³-hybridized carbons (Fsp3) is 0.308. The Hall–Kier alpha value is -2.08. The molecule has 0 aliphatic carbocycles. The van der Waals surface area contributed by atoms with E-state index in [0.29, 0.717) is 24.7 Å².